The lowest BCUT2D eigenvalue weighted by Gasteiger charge is -2.13. The normalized spacial score (nSPS) is 10.6. The fourth-order valence-electron chi connectivity index (χ4n) is 2.02. The van der Waals surface area contributed by atoms with Crippen LogP contribution >= 0.6 is 11.6 Å². The van der Waals surface area contributed by atoms with E-state index in [0.717, 1.165) is 35.7 Å². The van der Waals surface area contributed by atoms with Crippen LogP contribution in [0.3, 0.4) is 0 Å². The van der Waals surface area contributed by atoms with Crippen LogP contribution in [-0.2, 0) is 17.9 Å². The Kier molecular flexibility index (Phi) is 6.05. The molecule has 0 aliphatic heterocycles. The Labute approximate surface area is 130 Å². The van der Waals surface area contributed by atoms with Gasteiger partial charge in [-0.15, -0.1) is 0 Å². The first-order chi connectivity index (χ1) is 10.2. The largest absolute Gasteiger partial charge is 0.457 e. The van der Waals surface area contributed by atoms with Gasteiger partial charge in [0.2, 0.25) is 0 Å². The van der Waals surface area contributed by atoms with Crippen LogP contribution in [0.2, 0.25) is 5.02 Å². The monoisotopic (exact) mass is 305 g/mol. The Morgan fingerprint density at radius 1 is 1.14 bits per heavy atom. The summed E-state index contributed by atoms with van der Waals surface area (Å²) >= 11 is 6.08. The van der Waals surface area contributed by atoms with E-state index < -0.39 is 0 Å². The van der Waals surface area contributed by atoms with Crippen molar-refractivity contribution in [1.29, 1.82) is 0 Å². The molecular weight excluding hydrogens is 286 g/mol. The van der Waals surface area contributed by atoms with Crippen molar-refractivity contribution in [3.63, 3.8) is 0 Å². The minimum absolute atomic E-state index is 0.566. The van der Waals surface area contributed by atoms with Crippen molar-refractivity contribution in [3.8, 4) is 11.5 Å². The number of halogens is 1. The van der Waals surface area contributed by atoms with E-state index in [1.54, 1.807) is 7.11 Å². The average molecular weight is 306 g/mol. The molecule has 1 N–H and O–H groups in total. The van der Waals surface area contributed by atoms with Gasteiger partial charge in [-0.1, -0.05) is 36.7 Å². The first-order valence-corrected chi connectivity index (χ1v) is 7.35. The van der Waals surface area contributed by atoms with Crippen molar-refractivity contribution in [2.75, 3.05) is 13.7 Å². The average Bonchev–Trinajstić information content (AvgIpc) is 2.47. The highest BCUT2D eigenvalue weighted by Crippen LogP contribution is 2.29. The smallest absolute Gasteiger partial charge is 0.133 e. The second-order valence-corrected chi connectivity index (χ2v) is 5.15. The van der Waals surface area contributed by atoms with Crippen molar-refractivity contribution < 1.29 is 9.47 Å². The maximum absolute atomic E-state index is 6.08. The van der Waals surface area contributed by atoms with Crippen molar-refractivity contribution in [3.05, 3.63) is 58.6 Å². The highest BCUT2D eigenvalue weighted by molar-refractivity contribution is 6.30. The zero-order valence-electron chi connectivity index (χ0n) is 12.4. The summed E-state index contributed by atoms with van der Waals surface area (Å²) in [6, 6.07) is 13.6. The zero-order chi connectivity index (χ0) is 15.1. The summed E-state index contributed by atoms with van der Waals surface area (Å²) in [7, 11) is 1.68. The molecule has 0 aromatic heterocycles. The fourth-order valence-corrected chi connectivity index (χ4v) is 2.18. The molecule has 0 fully saturated rings. The number of rotatable bonds is 7. The summed E-state index contributed by atoms with van der Waals surface area (Å²) < 4.78 is 11.1. The van der Waals surface area contributed by atoms with E-state index in [9.17, 15) is 0 Å². The molecule has 0 saturated heterocycles. The molecule has 2 rings (SSSR count). The lowest BCUT2D eigenvalue weighted by Crippen LogP contribution is -2.12. The van der Waals surface area contributed by atoms with Gasteiger partial charge in [-0.3, -0.25) is 0 Å². The number of benzene rings is 2. The summed E-state index contributed by atoms with van der Waals surface area (Å²) in [6.07, 6.45) is 0. The zero-order valence-corrected chi connectivity index (χ0v) is 13.1. The molecule has 0 saturated carbocycles. The molecule has 0 bridgehead atoms. The minimum atomic E-state index is 0.566. The highest BCUT2D eigenvalue weighted by atomic mass is 35.5. The van der Waals surface area contributed by atoms with E-state index in [0.29, 0.717) is 11.6 Å². The standard InChI is InChI=1S/C17H20ClNO2/c1-3-19-11-14-7-8-15(18)10-17(14)21-16-6-4-5-13(9-16)12-20-2/h4-10,19H,3,11-12H2,1-2H3. The lowest BCUT2D eigenvalue weighted by atomic mass is 10.2. The Balaban J connectivity index is 2.21. The van der Waals surface area contributed by atoms with E-state index in [1.165, 1.54) is 0 Å². The predicted octanol–water partition coefficient (Wildman–Crippen LogP) is 4.39. The molecule has 0 aliphatic rings. The quantitative estimate of drug-likeness (QED) is 0.823. The van der Waals surface area contributed by atoms with Gasteiger partial charge in [-0.05, 0) is 36.4 Å². The summed E-state index contributed by atoms with van der Waals surface area (Å²) in [5, 5.41) is 3.96. The van der Waals surface area contributed by atoms with E-state index in [4.69, 9.17) is 21.1 Å². The van der Waals surface area contributed by atoms with Gasteiger partial charge in [0.15, 0.2) is 0 Å². The van der Waals surface area contributed by atoms with Crippen LogP contribution in [0.1, 0.15) is 18.1 Å². The Hall–Kier alpha value is -1.55. The Morgan fingerprint density at radius 2 is 2.00 bits per heavy atom. The minimum Gasteiger partial charge on any atom is -0.457 e. The second-order valence-electron chi connectivity index (χ2n) is 4.71. The maximum Gasteiger partial charge on any atom is 0.133 e. The molecule has 0 radical (unpaired) electrons. The van der Waals surface area contributed by atoms with Gasteiger partial charge < -0.3 is 14.8 Å². The van der Waals surface area contributed by atoms with Crippen LogP contribution in [0.25, 0.3) is 0 Å². The molecule has 112 valence electrons. The van der Waals surface area contributed by atoms with E-state index >= 15 is 0 Å². The number of methoxy groups -OCH3 is 1. The van der Waals surface area contributed by atoms with E-state index in [2.05, 4.69) is 12.2 Å². The van der Waals surface area contributed by atoms with Crippen molar-refractivity contribution in [2.24, 2.45) is 0 Å². The molecule has 0 atom stereocenters. The second kappa shape index (κ2) is 8.03. The SMILES string of the molecule is CCNCc1ccc(Cl)cc1Oc1cccc(COC)c1. The topological polar surface area (TPSA) is 30.5 Å². The first-order valence-electron chi connectivity index (χ1n) is 6.97. The van der Waals surface area contributed by atoms with Crippen molar-refractivity contribution in [1.82, 2.24) is 5.32 Å². The summed E-state index contributed by atoms with van der Waals surface area (Å²) in [5.74, 6) is 1.56. The molecular formula is C17H20ClNO2. The predicted molar refractivity (Wildman–Crippen MR) is 86.1 cm³/mol. The van der Waals surface area contributed by atoms with Gasteiger partial charge in [0.1, 0.15) is 11.5 Å². The van der Waals surface area contributed by atoms with Gasteiger partial charge in [0, 0.05) is 24.2 Å². The third kappa shape index (κ3) is 4.74. The van der Waals surface area contributed by atoms with Gasteiger partial charge in [0.05, 0.1) is 6.61 Å². The van der Waals surface area contributed by atoms with Crippen LogP contribution < -0.4 is 10.1 Å². The first kappa shape index (κ1) is 15.8. The number of ether oxygens (including phenoxy) is 2. The van der Waals surface area contributed by atoms with Crippen LogP contribution in [0.15, 0.2) is 42.5 Å². The highest BCUT2D eigenvalue weighted by Gasteiger charge is 2.06. The molecule has 0 heterocycles. The van der Waals surface area contributed by atoms with Crippen LogP contribution in [-0.4, -0.2) is 13.7 Å². The molecule has 0 amide bonds. The molecule has 0 unspecified atom stereocenters. The summed E-state index contributed by atoms with van der Waals surface area (Å²) in [6.45, 7) is 4.30. The van der Waals surface area contributed by atoms with Crippen LogP contribution in [0, 0.1) is 0 Å². The number of hydrogen-bond donors (Lipinski definition) is 1. The molecule has 0 aliphatic carbocycles. The number of nitrogens with one attached hydrogen (secondary N) is 1. The maximum atomic E-state index is 6.08. The van der Waals surface area contributed by atoms with Gasteiger partial charge in [-0.25, -0.2) is 0 Å². The van der Waals surface area contributed by atoms with Crippen molar-refractivity contribution in [2.45, 2.75) is 20.1 Å². The van der Waals surface area contributed by atoms with Crippen LogP contribution in [0.5, 0.6) is 11.5 Å². The summed E-state index contributed by atoms with van der Waals surface area (Å²) in [5.41, 5.74) is 2.16. The molecule has 21 heavy (non-hydrogen) atoms. The van der Waals surface area contributed by atoms with Gasteiger partial charge in [0.25, 0.3) is 0 Å². The molecule has 2 aromatic rings. The molecule has 3 nitrogen and oxygen atoms in total. The van der Waals surface area contributed by atoms with Gasteiger partial charge >= 0.3 is 0 Å². The van der Waals surface area contributed by atoms with E-state index in [-0.39, 0.29) is 0 Å². The van der Waals surface area contributed by atoms with E-state index in [1.807, 2.05) is 42.5 Å². The number of hydrogen-bond acceptors (Lipinski definition) is 3. The summed E-state index contributed by atoms with van der Waals surface area (Å²) in [4.78, 5) is 0. The lowest BCUT2D eigenvalue weighted by molar-refractivity contribution is 0.184. The van der Waals surface area contributed by atoms with Crippen molar-refractivity contribution >= 4 is 11.6 Å². The van der Waals surface area contributed by atoms with Crippen LogP contribution in [0.4, 0.5) is 0 Å². The Bertz CT molecular complexity index is 587. The molecule has 0 spiro atoms. The third-order valence-corrected chi connectivity index (χ3v) is 3.27. The fraction of sp³-hybridized carbons (Fsp3) is 0.294. The molecule has 4 heteroatoms. The molecule has 2 aromatic carbocycles. The van der Waals surface area contributed by atoms with Gasteiger partial charge in [-0.2, -0.15) is 0 Å². The Morgan fingerprint density at radius 3 is 2.76 bits per heavy atom. The third-order valence-electron chi connectivity index (χ3n) is 3.03.